The summed E-state index contributed by atoms with van der Waals surface area (Å²) < 4.78 is 5.40. The molecule has 0 saturated heterocycles. The van der Waals surface area contributed by atoms with E-state index in [1.54, 1.807) is 7.11 Å². The summed E-state index contributed by atoms with van der Waals surface area (Å²) in [6.45, 7) is 10.3. The molecule has 0 rings (SSSR count). The number of hydrogen-bond donors (Lipinski definition) is 1. The van der Waals surface area contributed by atoms with Crippen LogP contribution in [0.3, 0.4) is 0 Å². The van der Waals surface area contributed by atoms with Gasteiger partial charge in [0.1, 0.15) is 0 Å². The Hall–Kier alpha value is -0.120. The fraction of sp³-hybridized carbons (Fsp3) is 1.00. The van der Waals surface area contributed by atoms with Crippen LogP contribution in [-0.4, -0.2) is 43.8 Å². The zero-order valence-corrected chi connectivity index (χ0v) is 11.9. The first-order chi connectivity index (χ1) is 7.49. The number of methoxy groups -OCH3 is 1. The standard InChI is InChI=1S/C13H30N2O/c1-7-12(8-2)15(5)13(9-14,10-16-6)11(3)4/h11-12H,7-10,14H2,1-6H3. The van der Waals surface area contributed by atoms with E-state index in [0.29, 0.717) is 25.1 Å². The van der Waals surface area contributed by atoms with Crippen LogP contribution in [0.1, 0.15) is 40.5 Å². The van der Waals surface area contributed by atoms with Crippen LogP contribution in [0.5, 0.6) is 0 Å². The highest BCUT2D eigenvalue weighted by atomic mass is 16.5. The minimum atomic E-state index is -0.0363. The lowest BCUT2D eigenvalue weighted by Gasteiger charge is -2.47. The maximum Gasteiger partial charge on any atom is 0.0661 e. The molecule has 0 spiro atoms. The van der Waals surface area contributed by atoms with E-state index in [1.165, 1.54) is 0 Å². The van der Waals surface area contributed by atoms with Gasteiger partial charge in [0, 0.05) is 19.7 Å². The van der Waals surface area contributed by atoms with Crippen molar-refractivity contribution in [3.63, 3.8) is 0 Å². The van der Waals surface area contributed by atoms with Gasteiger partial charge in [-0.25, -0.2) is 0 Å². The van der Waals surface area contributed by atoms with Crippen LogP contribution in [0.25, 0.3) is 0 Å². The molecule has 0 bridgehead atoms. The molecular weight excluding hydrogens is 200 g/mol. The second-order valence-electron chi connectivity index (χ2n) is 4.98. The SMILES string of the molecule is CCC(CC)N(C)C(CN)(COC)C(C)C. The minimum absolute atomic E-state index is 0.0363. The number of rotatable bonds is 8. The maximum atomic E-state index is 6.02. The van der Waals surface area contributed by atoms with E-state index in [9.17, 15) is 0 Å². The fourth-order valence-corrected chi connectivity index (χ4v) is 2.56. The van der Waals surface area contributed by atoms with Crippen molar-refractivity contribution >= 4 is 0 Å². The first-order valence-electron chi connectivity index (χ1n) is 6.42. The molecule has 1 atom stereocenters. The highest BCUT2D eigenvalue weighted by Gasteiger charge is 2.39. The lowest BCUT2D eigenvalue weighted by atomic mass is 9.84. The molecule has 0 radical (unpaired) electrons. The molecule has 0 fully saturated rings. The van der Waals surface area contributed by atoms with Crippen LogP contribution in [0, 0.1) is 5.92 Å². The monoisotopic (exact) mass is 230 g/mol. The number of nitrogens with zero attached hydrogens (tertiary/aromatic N) is 1. The maximum absolute atomic E-state index is 6.02. The molecule has 0 aromatic heterocycles. The third kappa shape index (κ3) is 3.19. The van der Waals surface area contributed by atoms with Crippen molar-refractivity contribution in [1.29, 1.82) is 0 Å². The van der Waals surface area contributed by atoms with Crippen molar-refractivity contribution in [1.82, 2.24) is 4.90 Å². The smallest absolute Gasteiger partial charge is 0.0661 e. The predicted molar refractivity (Wildman–Crippen MR) is 70.6 cm³/mol. The van der Waals surface area contributed by atoms with Gasteiger partial charge in [-0.2, -0.15) is 0 Å². The number of likely N-dealkylation sites (N-methyl/N-ethyl adjacent to an activating group) is 1. The lowest BCUT2D eigenvalue weighted by molar-refractivity contribution is -0.0261. The van der Waals surface area contributed by atoms with Crippen molar-refractivity contribution in [3.05, 3.63) is 0 Å². The Kier molecular flexibility index (Phi) is 7.20. The summed E-state index contributed by atoms with van der Waals surface area (Å²) in [6.07, 6.45) is 2.32. The predicted octanol–water partition coefficient (Wildman–Crippen LogP) is 2.11. The van der Waals surface area contributed by atoms with E-state index >= 15 is 0 Å². The normalized spacial score (nSPS) is 16.1. The number of hydrogen-bond acceptors (Lipinski definition) is 3. The second-order valence-corrected chi connectivity index (χ2v) is 4.98. The Balaban J connectivity index is 4.98. The van der Waals surface area contributed by atoms with Gasteiger partial charge in [-0.15, -0.1) is 0 Å². The van der Waals surface area contributed by atoms with Crippen LogP contribution in [0.2, 0.25) is 0 Å². The van der Waals surface area contributed by atoms with Gasteiger partial charge in [0.15, 0.2) is 0 Å². The van der Waals surface area contributed by atoms with Gasteiger partial charge in [-0.3, -0.25) is 4.90 Å². The Bertz CT molecular complexity index is 181. The summed E-state index contributed by atoms with van der Waals surface area (Å²) in [5, 5.41) is 0. The molecule has 1 unspecified atom stereocenters. The quantitative estimate of drug-likeness (QED) is 0.694. The Morgan fingerprint density at radius 2 is 1.75 bits per heavy atom. The summed E-state index contributed by atoms with van der Waals surface area (Å²) in [4.78, 5) is 2.43. The van der Waals surface area contributed by atoms with E-state index in [2.05, 4.69) is 39.6 Å². The molecule has 0 heterocycles. The summed E-state index contributed by atoms with van der Waals surface area (Å²) in [6, 6.07) is 0.584. The topological polar surface area (TPSA) is 38.5 Å². The average Bonchev–Trinajstić information content (AvgIpc) is 2.26. The van der Waals surface area contributed by atoms with Crippen molar-refractivity contribution < 1.29 is 4.74 Å². The molecule has 3 nitrogen and oxygen atoms in total. The Labute approximate surface area is 101 Å². The van der Waals surface area contributed by atoms with E-state index in [4.69, 9.17) is 10.5 Å². The first-order valence-corrected chi connectivity index (χ1v) is 6.42. The van der Waals surface area contributed by atoms with Crippen LogP contribution in [0.4, 0.5) is 0 Å². The van der Waals surface area contributed by atoms with Crippen LogP contribution >= 0.6 is 0 Å². The molecule has 3 heteroatoms. The van der Waals surface area contributed by atoms with Crippen molar-refractivity contribution in [2.45, 2.75) is 52.1 Å². The minimum Gasteiger partial charge on any atom is -0.383 e. The number of ether oxygens (including phenoxy) is 1. The summed E-state index contributed by atoms with van der Waals surface area (Å²) in [5.74, 6) is 0.489. The highest BCUT2D eigenvalue weighted by Crippen LogP contribution is 2.27. The molecule has 0 aliphatic carbocycles. The zero-order valence-electron chi connectivity index (χ0n) is 11.9. The Morgan fingerprint density at radius 1 is 1.25 bits per heavy atom. The summed E-state index contributed by atoms with van der Waals surface area (Å²) in [7, 11) is 3.94. The third-order valence-corrected chi connectivity index (χ3v) is 4.02. The molecule has 0 aromatic rings. The van der Waals surface area contributed by atoms with Crippen LogP contribution < -0.4 is 5.73 Å². The first kappa shape index (κ1) is 15.9. The summed E-state index contributed by atoms with van der Waals surface area (Å²) >= 11 is 0. The van der Waals surface area contributed by atoms with Crippen LogP contribution in [0.15, 0.2) is 0 Å². The lowest BCUT2D eigenvalue weighted by Crippen LogP contribution is -2.61. The van der Waals surface area contributed by atoms with E-state index in [1.807, 2.05) is 0 Å². The van der Waals surface area contributed by atoms with Gasteiger partial charge in [-0.1, -0.05) is 27.7 Å². The molecule has 0 saturated carbocycles. The second kappa shape index (κ2) is 7.25. The molecule has 2 N–H and O–H groups in total. The largest absolute Gasteiger partial charge is 0.383 e. The van der Waals surface area contributed by atoms with Crippen molar-refractivity contribution in [3.8, 4) is 0 Å². The number of nitrogens with two attached hydrogens (primary N) is 1. The average molecular weight is 230 g/mol. The van der Waals surface area contributed by atoms with E-state index in [-0.39, 0.29) is 5.54 Å². The molecule has 16 heavy (non-hydrogen) atoms. The van der Waals surface area contributed by atoms with Gasteiger partial charge in [0.25, 0.3) is 0 Å². The van der Waals surface area contributed by atoms with Gasteiger partial charge in [0.2, 0.25) is 0 Å². The molecule has 0 aliphatic heterocycles. The van der Waals surface area contributed by atoms with Crippen molar-refractivity contribution in [2.75, 3.05) is 27.3 Å². The van der Waals surface area contributed by atoms with Crippen molar-refractivity contribution in [2.24, 2.45) is 11.7 Å². The molecule has 0 aromatic carbocycles. The molecule has 0 amide bonds. The molecular formula is C13H30N2O. The third-order valence-electron chi connectivity index (χ3n) is 4.02. The van der Waals surface area contributed by atoms with Crippen LogP contribution in [-0.2, 0) is 4.74 Å². The molecule has 0 aliphatic rings. The van der Waals surface area contributed by atoms with Gasteiger partial charge >= 0.3 is 0 Å². The summed E-state index contributed by atoms with van der Waals surface area (Å²) in [5.41, 5.74) is 5.98. The van der Waals surface area contributed by atoms with E-state index < -0.39 is 0 Å². The molecule has 98 valence electrons. The van der Waals surface area contributed by atoms with Gasteiger partial charge in [-0.05, 0) is 25.8 Å². The highest BCUT2D eigenvalue weighted by molar-refractivity contribution is 4.95. The van der Waals surface area contributed by atoms with Gasteiger partial charge < -0.3 is 10.5 Å². The zero-order chi connectivity index (χ0) is 12.8. The van der Waals surface area contributed by atoms with Gasteiger partial charge in [0.05, 0.1) is 12.1 Å². The van der Waals surface area contributed by atoms with E-state index in [0.717, 1.165) is 12.8 Å². The fourth-order valence-electron chi connectivity index (χ4n) is 2.56. The Morgan fingerprint density at radius 3 is 2.00 bits per heavy atom.